The van der Waals surface area contributed by atoms with Crippen molar-refractivity contribution in [1.29, 1.82) is 0 Å². The Morgan fingerprint density at radius 1 is 1.27 bits per heavy atom. The fourth-order valence-electron chi connectivity index (χ4n) is 2.50. The largest absolute Gasteiger partial charge is 0.486 e. The number of fused-ring (bicyclic) bond motifs is 1. The Balaban J connectivity index is 1.50. The molecule has 1 aliphatic rings. The van der Waals surface area contributed by atoms with Gasteiger partial charge in [0, 0.05) is 30.8 Å². The standard InChI is InChI=1S/C17H20N2O5S2/c1-12-19-13(11-25-12)4-6-18-17(20)5-9-26(21,22)14-2-3-15-16(10-14)24-8-7-23-15/h2-3,10-11H,4-9H2,1H3,(H,18,20). The van der Waals surface area contributed by atoms with E-state index in [0.717, 1.165) is 10.7 Å². The molecule has 0 saturated heterocycles. The normalized spacial score (nSPS) is 13.4. The first-order valence-corrected chi connectivity index (χ1v) is 10.8. The number of aryl methyl sites for hydroxylation is 1. The number of carbonyl (C=O) groups excluding carboxylic acids is 1. The van der Waals surface area contributed by atoms with Crippen LogP contribution in [0.1, 0.15) is 17.1 Å². The van der Waals surface area contributed by atoms with E-state index in [9.17, 15) is 13.2 Å². The molecule has 0 radical (unpaired) electrons. The van der Waals surface area contributed by atoms with Crippen LogP contribution in [0, 0.1) is 6.92 Å². The fourth-order valence-corrected chi connectivity index (χ4v) is 4.40. The average molecular weight is 396 g/mol. The van der Waals surface area contributed by atoms with Crippen molar-refractivity contribution in [3.8, 4) is 11.5 Å². The number of benzene rings is 1. The van der Waals surface area contributed by atoms with Gasteiger partial charge in [-0.15, -0.1) is 11.3 Å². The Kier molecular flexibility index (Phi) is 5.77. The summed E-state index contributed by atoms with van der Waals surface area (Å²) in [6.45, 7) is 3.19. The third-order valence-electron chi connectivity index (χ3n) is 3.84. The van der Waals surface area contributed by atoms with Crippen LogP contribution in [0.3, 0.4) is 0 Å². The molecule has 0 unspecified atom stereocenters. The van der Waals surface area contributed by atoms with Gasteiger partial charge in [-0.3, -0.25) is 4.79 Å². The van der Waals surface area contributed by atoms with Crippen LogP contribution in [0.25, 0.3) is 0 Å². The second-order valence-electron chi connectivity index (χ2n) is 5.83. The van der Waals surface area contributed by atoms with Crippen molar-refractivity contribution in [2.24, 2.45) is 0 Å². The van der Waals surface area contributed by atoms with Gasteiger partial charge in [0.1, 0.15) is 13.2 Å². The van der Waals surface area contributed by atoms with Crippen molar-refractivity contribution >= 4 is 27.1 Å². The molecule has 0 aliphatic carbocycles. The summed E-state index contributed by atoms with van der Waals surface area (Å²) in [5.74, 6) is 0.400. The van der Waals surface area contributed by atoms with Crippen molar-refractivity contribution in [3.63, 3.8) is 0 Å². The molecule has 26 heavy (non-hydrogen) atoms. The molecule has 0 saturated carbocycles. The summed E-state index contributed by atoms with van der Waals surface area (Å²) in [7, 11) is -3.57. The molecule has 0 bridgehead atoms. The quantitative estimate of drug-likeness (QED) is 0.766. The van der Waals surface area contributed by atoms with E-state index in [-0.39, 0.29) is 23.0 Å². The molecule has 140 valence electrons. The zero-order valence-corrected chi connectivity index (χ0v) is 16.0. The van der Waals surface area contributed by atoms with Crippen LogP contribution >= 0.6 is 11.3 Å². The molecule has 0 spiro atoms. The Bertz CT molecular complexity index is 892. The number of ether oxygens (including phenoxy) is 2. The smallest absolute Gasteiger partial charge is 0.221 e. The van der Waals surface area contributed by atoms with Crippen molar-refractivity contribution in [2.45, 2.75) is 24.7 Å². The number of hydrogen-bond donors (Lipinski definition) is 1. The molecule has 9 heteroatoms. The highest BCUT2D eigenvalue weighted by atomic mass is 32.2. The molecule has 2 aromatic rings. The second-order valence-corrected chi connectivity index (χ2v) is 9.00. The Morgan fingerprint density at radius 2 is 2.04 bits per heavy atom. The predicted octanol–water partition coefficient (Wildman–Crippen LogP) is 1.75. The van der Waals surface area contributed by atoms with E-state index in [2.05, 4.69) is 10.3 Å². The third kappa shape index (κ3) is 4.73. The molecule has 0 atom stereocenters. The number of nitrogens with zero attached hydrogens (tertiary/aromatic N) is 1. The molecule has 3 rings (SSSR count). The highest BCUT2D eigenvalue weighted by Gasteiger charge is 2.20. The number of rotatable bonds is 7. The van der Waals surface area contributed by atoms with Gasteiger partial charge in [-0.05, 0) is 19.1 Å². The van der Waals surface area contributed by atoms with Crippen LogP contribution in [-0.4, -0.2) is 44.8 Å². The lowest BCUT2D eigenvalue weighted by Gasteiger charge is -2.18. The third-order valence-corrected chi connectivity index (χ3v) is 6.38. The van der Waals surface area contributed by atoms with E-state index < -0.39 is 9.84 Å². The molecule has 1 amide bonds. The van der Waals surface area contributed by atoms with Gasteiger partial charge in [-0.2, -0.15) is 0 Å². The van der Waals surface area contributed by atoms with Crippen molar-refractivity contribution in [2.75, 3.05) is 25.5 Å². The SMILES string of the molecule is Cc1nc(CCNC(=O)CCS(=O)(=O)c2ccc3c(c2)OCCO3)cs1. The lowest BCUT2D eigenvalue weighted by Crippen LogP contribution is -2.27. The van der Waals surface area contributed by atoms with Crippen molar-refractivity contribution in [3.05, 3.63) is 34.3 Å². The first-order valence-electron chi connectivity index (χ1n) is 8.24. The first-order chi connectivity index (χ1) is 12.4. The maximum absolute atomic E-state index is 12.4. The molecular formula is C17H20N2O5S2. The van der Waals surface area contributed by atoms with Gasteiger partial charge in [0.2, 0.25) is 5.91 Å². The summed E-state index contributed by atoms with van der Waals surface area (Å²) in [6.07, 6.45) is 0.540. The summed E-state index contributed by atoms with van der Waals surface area (Å²) in [6, 6.07) is 4.51. The maximum Gasteiger partial charge on any atom is 0.221 e. The zero-order chi connectivity index (χ0) is 18.6. The summed E-state index contributed by atoms with van der Waals surface area (Å²) in [5, 5.41) is 5.67. The molecule has 7 nitrogen and oxygen atoms in total. The molecule has 2 heterocycles. The number of sulfone groups is 1. The highest BCUT2D eigenvalue weighted by Crippen LogP contribution is 2.32. The number of amides is 1. The minimum atomic E-state index is -3.57. The predicted molar refractivity (Wildman–Crippen MR) is 97.7 cm³/mol. The van der Waals surface area contributed by atoms with E-state index in [0.29, 0.717) is 37.7 Å². The molecule has 1 aromatic carbocycles. The highest BCUT2D eigenvalue weighted by molar-refractivity contribution is 7.91. The number of hydrogen-bond acceptors (Lipinski definition) is 7. The lowest BCUT2D eigenvalue weighted by molar-refractivity contribution is -0.120. The number of aromatic nitrogens is 1. The van der Waals surface area contributed by atoms with Gasteiger partial charge in [-0.1, -0.05) is 0 Å². The number of carbonyl (C=O) groups is 1. The Labute approximate surface area is 156 Å². The van der Waals surface area contributed by atoms with Gasteiger partial charge in [0.15, 0.2) is 21.3 Å². The van der Waals surface area contributed by atoms with Crippen LogP contribution in [0.5, 0.6) is 11.5 Å². The summed E-state index contributed by atoms with van der Waals surface area (Å²) in [5.41, 5.74) is 0.927. The van der Waals surface area contributed by atoms with Crippen LogP contribution < -0.4 is 14.8 Å². The fraction of sp³-hybridized carbons (Fsp3) is 0.412. The maximum atomic E-state index is 12.4. The summed E-state index contributed by atoms with van der Waals surface area (Å²) >= 11 is 1.56. The van der Waals surface area contributed by atoms with E-state index >= 15 is 0 Å². The van der Waals surface area contributed by atoms with Crippen LogP contribution in [0.15, 0.2) is 28.5 Å². The van der Waals surface area contributed by atoms with Crippen molar-refractivity contribution < 1.29 is 22.7 Å². The first kappa shape index (κ1) is 18.7. The molecular weight excluding hydrogens is 376 g/mol. The lowest BCUT2D eigenvalue weighted by atomic mass is 10.3. The van der Waals surface area contributed by atoms with Gasteiger partial charge < -0.3 is 14.8 Å². The van der Waals surface area contributed by atoms with Gasteiger partial charge >= 0.3 is 0 Å². The van der Waals surface area contributed by atoms with E-state index in [1.165, 1.54) is 12.1 Å². The minimum Gasteiger partial charge on any atom is -0.486 e. The topological polar surface area (TPSA) is 94.6 Å². The zero-order valence-electron chi connectivity index (χ0n) is 14.4. The molecule has 0 fully saturated rings. The second kappa shape index (κ2) is 8.05. The summed E-state index contributed by atoms with van der Waals surface area (Å²) < 4.78 is 35.7. The van der Waals surface area contributed by atoms with Crippen LogP contribution in [0.4, 0.5) is 0 Å². The number of nitrogens with one attached hydrogen (secondary N) is 1. The molecule has 1 aromatic heterocycles. The van der Waals surface area contributed by atoms with E-state index in [1.54, 1.807) is 17.4 Å². The Morgan fingerprint density at radius 3 is 2.77 bits per heavy atom. The average Bonchev–Trinajstić information content (AvgIpc) is 3.05. The van der Waals surface area contributed by atoms with E-state index in [1.807, 2.05) is 12.3 Å². The van der Waals surface area contributed by atoms with Gasteiger partial charge in [0.05, 0.1) is 21.3 Å². The monoisotopic (exact) mass is 396 g/mol. The molecule has 1 N–H and O–H groups in total. The van der Waals surface area contributed by atoms with E-state index in [4.69, 9.17) is 9.47 Å². The Hall–Kier alpha value is -2.13. The van der Waals surface area contributed by atoms with Crippen LogP contribution in [0.2, 0.25) is 0 Å². The van der Waals surface area contributed by atoms with Gasteiger partial charge in [0.25, 0.3) is 0 Å². The summed E-state index contributed by atoms with van der Waals surface area (Å²) in [4.78, 5) is 16.4. The van der Waals surface area contributed by atoms with Crippen molar-refractivity contribution in [1.82, 2.24) is 10.3 Å². The van der Waals surface area contributed by atoms with Crippen LogP contribution in [-0.2, 0) is 21.1 Å². The molecule has 1 aliphatic heterocycles. The minimum absolute atomic E-state index is 0.0904. The number of thiazole rings is 1. The van der Waals surface area contributed by atoms with Gasteiger partial charge in [-0.25, -0.2) is 13.4 Å².